The van der Waals surface area contributed by atoms with Crippen molar-refractivity contribution in [1.82, 2.24) is 10.6 Å². The molecule has 1 aliphatic carbocycles. The Kier molecular flexibility index (Phi) is 5.61. The molecule has 5 heteroatoms. The van der Waals surface area contributed by atoms with Crippen molar-refractivity contribution in [3.05, 3.63) is 29.8 Å². The molecule has 1 aromatic rings. The Balaban J connectivity index is 1.36. The number of hydrogen-bond acceptors (Lipinski definition) is 3. The largest absolute Gasteiger partial charge is 0.489 e. The molecule has 2 amide bonds. The summed E-state index contributed by atoms with van der Waals surface area (Å²) in [5.74, 6) is 1.55. The quantitative estimate of drug-likeness (QED) is 0.842. The molecule has 3 rings (SSSR count). The zero-order valence-electron chi connectivity index (χ0n) is 14.6. The van der Waals surface area contributed by atoms with Crippen molar-refractivity contribution in [3.63, 3.8) is 0 Å². The smallest absolute Gasteiger partial charge is 0.315 e. The van der Waals surface area contributed by atoms with Crippen LogP contribution in [0, 0.1) is 12.8 Å². The van der Waals surface area contributed by atoms with Crippen LogP contribution in [0.5, 0.6) is 5.75 Å². The average Bonchev–Trinajstić information content (AvgIpc) is 3.40. The molecule has 1 heterocycles. The first-order valence-corrected chi connectivity index (χ1v) is 8.99. The van der Waals surface area contributed by atoms with E-state index in [9.17, 15) is 4.79 Å². The summed E-state index contributed by atoms with van der Waals surface area (Å²) in [6.45, 7) is 5.23. The first kappa shape index (κ1) is 17.1. The zero-order valence-corrected chi connectivity index (χ0v) is 14.6. The summed E-state index contributed by atoms with van der Waals surface area (Å²) in [5, 5.41) is 5.98. The van der Waals surface area contributed by atoms with Gasteiger partial charge in [-0.1, -0.05) is 17.7 Å². The van der Waals surface area contributed by atoms with Crippen LogP contribution in [0.4, 0.5) is 4.79 Å². The Labute approximate surface area is 144 Å². The summed E-state index contributed by atoms with van der Waals surface area (Å²) >= 11 is 0. The number of benzene rings is 1. The highest BCUT2D eigenvalue weighted by Gasteiger charge is 2.36. The summed E-state index contributed by atoms with van der Waals surface area (Å²) < 4.78 is 11.6. The van der Waals surface area contributed by atoms with Crippen molar-refractivity contribution in [2.45, 2.75) is 57.8 Å². The van der Waals surface area contributed by atoms with Gasteiger partial charge >= 0.3 is 6.03 Å². The molecule has 1 aromatic carbocycles. The molecule has 2 N–H and O–H groups in total. The van der Waals surface area contributed by atoms with E-state index in [4.69, 9.17) is 9.47 Å². The SMILES string of the molecule is Cc1ccc(OC(C)CNC(=O)NC2CCOC(C3CC3)C2)cc1. The minimum Gasteiger partial charge on any atom is -0.489 e. The number of nitrogens with one attached hydrogen (secondary N) is 2. The third kappa shape index (κ3) is 5.13. The van der Waals surface area contributed by atoms with E-state index in [1.54, 1.807) is 0 Å². The molecule has 0 aromatic heterocycles. The predicted octanol–water partition coefficient (Wildman–Crippen LogP) is 3.02. The Hall–Kier alpha value is -1.75. The predicted molar refractivity (Wildman–Crippen MR) is 93.3 cm³/mol. The van der Waals surface area contributed by atoms with Crippen LogP contribution in [0.25, 0.3) is 0 Å². The topological polar surface area (TPSA) is 59.6 Å². The first-order chi connectivity index (χ1) is 11.6. The molecule has 132 valence electrons. The van der Waals surface area contributed by atoms with Gasteiger partial charge in [-0.25, -0.2) is 4.79 Å². The molecule has 1 aliphatic heterocycles. The second kappa shape index (κ2) is 7.88. The third-order valence-corrected chi connectivity index (χ3v) is 4.71. The summed E-state index contributed by atoms with van der Waals surface area (Å²) in [7, 11) is 0. The maximum absolute atomic E-state index is 12.1. The van der Waals surface area contributed by atoms with Gasteiger partial charge in [-0.15, -0.1) is 0 Å². The standard InChI is InChI=1S/C19H28N2O3/c1-13-3-7-17(8-4-13)24-14(2)12-20-19(22)21-16-9-10-23-18(11-16)15-5-6-15/h3-4,7-8,14-16,18H,5-6,9-12H2,1-2H3,(H2,20,21,22). The lowest BCUT2D eigenvalue weighted by molar-refractivity contribution is -0.00917. The van der Waals surface area contributed by atoms with E-state index < -0.39 is 0 Å². The Morgan fingerprint density at radius 1 is 1.29 bits per heavy atom. The van der Waals surface area contributed by atoms with E-state index in [1.165, 1.54) is 18.4 Å². The lowest BCUT2D eigenvalue weighted by atomic mass is 10.0. The summed E-state index contributed by atoms with van der Waals surface area (Å²) in [4.78, 5) is 12.1. The van der Waals surface area contributed by atoms with E-state index >= 15 is 0 Å². The van der Waals surface area contributed by atoms with Crippen molar-refractivity contribution in [1.29, 1.82) is 0 Å². The second-order valence-electron chi connectivity index (χ2n) is 7.06. The number of aryl methyl sites for hydroxylation is 1. The summed E-state index contributed by atoms with van der Waals surface area (Å²) in [6, 6.07) is 8.04. The highest BCUT2D eigenvalue weighted by Crippen LogP contribution is 2.38. The number of carbonyl (C=O) groups excluding carboxylic acids is 1. The Morgan fingerprint density at radius 3 is 2.75 bits per heavy atom. The number of rotatable bonds is 6. The van der Waals surface area contributed by atoms with Crippen LogP contribution in [0.2, 0.25) is 0 Å². The third-order valence-electron chi connectivity index (χ3n) is 4.71. The highest BCUT2D eigenvalue weighted by atomic mass is 16.5. The van der Waals surface area contributed by atoms with Crippen molar-refractivity contribution < 1.29 is 14.3 Å². The van der Waals surface area contributed by atoms with E-state index in [0.29, 0.717) is 12.6 Å². The van der Waals surface area contributed by atoms with Gasteiger partial charge < -0.3 is 20.1 Å². The van der Waals surface area contributed by atoms with Crippen LogP contribution < -0.4 is 15.4 Å². The van der Waals surface area contributed by atoms with Crippen molar-refractivity contribution in [2.24, 2.45) is 5.92 Å². The number of urea groups is 1. The molecule has 2 fully saturated rings. The van der Waals surface area contributed by atoms with Gasteiger partial charge in [0.2, 0.25) is 0 Å². The zero-order chi connectivity index (χ0) is 16.9. The number of amides is 2. The summed E-state index contributed by atoms with van der Waals surface area (Å²) in [5.41, 5.74) is 1.20. The lowest BCUT2D eigenvalue weighted by Crippen LogP contribution is -2.48. The number of hydrogen-bond donors (Lipinski definition) is 2. The molecular formula is C19H28N2O3. The number of carbonyl (C=O) groups is 1. The van der Waals surface area contributed by atoms with Gasteiger partial charge in [0.15, 0.2) is 0 Å². The van der Waals surface area contributed by atoms with E-state index in [1.807, 2.05) is 38.1 Å². The van der Waals surface area contributed by atoms with Gasteiger partial charge in [0.25, 0.3) is 0 Å². The van der Waals surface area contributed by atoms with Crippen molar-refractivity contribution in [3.8, 4) is 5.75 Å². The van der Waals surface area contributed by atoms with Gasteiger partial charge in [0.05, 0.1) is 12.6 Å². The fourth-order valence-electron chi connectivity index (χ4n) is 3.12. The van der Waals surface area contributed by atoms with Crippen LogP contribution in [0.3, 0.4) is 0 Å². The fraction of sp³-hybridized carbons (Fsp3) is 0.632. The molecule has 2 aliphatic rings. The molecule has 0 radical (unpaired) electrons. The molecule has 1 saturated carbocycles. The van der Waals surface area contributed by atoms with Gasteiger partial charge in [-0.05, 0) is 57.6 Å². The van der Waals surface area contributed by atoms with Gasteiger partial charge in [-0.2, -0.15) is 0 Å². The van der Waals surface area contributed by atoms with Gasteiger partial charge in [0, 0.05) is 12.6 Å². The first-order valence-electron chi connectivity index (χ1n) is 8.99. The molecule has 3 unspecified atom stereocenters. The van der Waals surface area contributed by atoms with Crippen LogP contribution >= 0.6 is 0 Å². The minimum absolute atomic E-state index is 0.0765. The maximum Gasteiger partial charge on any atom is 0.315 e. The summed E-state index contributed by atoms with van der Waals surface area (Å²) in [6.07, 6.45) is 4.65. The molecular weight excluding hydrogens is 304 g/mol. The molecule has 1 saturated heterocycles. The molecule has 24 heavy (non-hydrogen) atoms. The van der Waals surface area contributed by atoms with Crippen LogP contribution in [0.1, 0.15) is 38.2 Å². The van der Waals surface area contributed by atoms with E-state index in [-0.39, 0.29) is 18.2 Å². The molecule has 0 spiro atoms. The molecule has 0 bridgehead atoms. The minimum atomic E-state index is -0.115. The van der Waals surface area contributed by atoms with Gasteiger partial charge in [-0.3, -0.25) is 0 Å². The average molecular weight is 332 g/mol. The van der Waals surface area contributed by atoms with Crippen molar-refractivity contribution >= 4 is 6.03 Å². The second-order valence-corrected chi connectivity index (χ2v) is 7.06. The van der Waals surface area contributed by atoms with E-state index in [2.05, 4.69) is 10.6 Å². The normalized spacial score (nSPS) is 24.9. The maximum atomic E-state index is 12.1. The molecule has 3 atom stereocenters. The number of ether oxygens (including phenoxy) is 2. The van der Waals surface area contributed by atoms with Crippen molar-refractivity contribution in [2.75, 3.05) is 13.2 Å². The van der Waals surface area contributed by atoms with Gasteiger partial charge in [0.1, 0.15) is 11.9 Å². The fourth-order valence-corrected chi connectivity index (χ4v) is 3.12. The van der Waals surface area contributed by atoms with Crippen LogP contribution in [-0.2, 0) is 4.74 Å². The van der Waals surface area contributed by atoms with Crippen LogP contribution in [0.15, 0.2) is 24.3 Å². The van der Waals surface area contributed by atoms with E-state index in [0.717, 1.165) is 31.1 Å². The Morgan fingerprint density at radius 2 is 2.04 bits per heavy atom. The Bertz CT molecular complexity index is 542. The highest BCUT2D eigenvalue weighted by molar-refractivity contribution is 5.74. The van der Waals surface area contributed by atoms with Crippen LogP contribution in [-0.4, -0.2) is 37.4 Å². The monoisotopic (exact) mass is 332 g/mol. The molecule has 5 nitrogen and oxygen atoms in total. The lowest BCUT2D eigenvalue weighted by Gasteiger charge is -2.30.